The maximum atomic E-state index is 4.66. The first kappa shape index (κ1) is 15.0. The lowest BCUT2D eigenvalue weighted by molar-refractivity contribution is 0.511. The maximum Gasteiger partial charge on any atom is 0.226 e. The van der Waals surface area contributed by atoms with Gasteiger partial charge in [-0.25, -0.2) is 4.98 Å². The fourth-order valence-corrected chi connectivity index (χ4v) is 2.60. The highest BCUT2D eigenvalue weighted by atomic mass is 15.3. The number of nitrogens with one attached hydrogen (secondary N) is 1. The SMILES string of the molecule is CC(C)CNCC1CCCN1c1ccnc(N(C)C)n1. The molecule has 1 fully saturated rings. The molecule has 1 atom stereocenters. The summed E-state index contributed by atoms with van der Waals surface area (Å²) < 4.78 is 0. The van der Waals surface area contributed by atoms with E-state index in [2.05, 4.69) is 34.0 Å². The molecule has 2 heterocycles. The standard InChI is InChI=1S/C15H27N5/c1-12(2)10-16-11-13-6-5-9-20(13)14-7-8-17-15(18-14)19(3)4/h7-8,12-13,16H,5-6,9-11H2,1-4H3. The minimum absolute atomic E-state index is 0.554. The van der Waals surface area contributed by atoms with Gasteiger partial charge in [0, 0.05) is 39.4 Å². The number of rotatable bonds is 6. The minimum Gasteiger partial charge on any atom is -0.352 e. The third kappa shape index (κ3) is 3.82. The van der Waals surface area contributed by atoms with Crippen molar-refractivity contribution >= 4 is 11.8 Å². The predicted octanol–water partition coefficient (Wildman–Crippen LogP) is 1.76. The van der Waals surface area contributed by atoms with Crippen LogP contribution in [-0.4, -0.2) is 49.7 Å². The molecule has 0 aliphatic carbocycles. The molecular weight excluding hydrogens is 250 g/mol. The van der Waals surface area contributed by atoms with Crippen molar-refractivity contribution in [3.8, 4) is 0 Å². The molecule has 1 aliphatic rings. The third-order valence-electron chi connectivity index (χ3n) is 3.63. The van der Waals surface area contributed by atoms with Crippen molar-refractivity contribution in [2.75, 3.05) is 43.5 Å². The van der Waals surface area contributed by atoms with Crippen molar-refractivity contribution in [2.45, 2.75) is 32.7 Å². The second kappa shape index (κ2) is 6.88. The monoisotopic (exact) mass is 277 g/mol. The van der Waals surface area contributed by atoms with E-state index >= 15 is 0 Å². The highest BCUT2D eigenvalue weighted by Gasteiger charge is 2.25. The second-order valence-electron chi connectivity index (χ2n) is 6.15. The van der Waals surface area contributed by atoms with Gasteiger partial charge >= 0.3 is 0 Å². The molecule has 20 heavy (non-hydrogen) atoms. The van der Waals surface area contributed by atoms with E-state index in [9.17, 15) is 0 Å². The summed E-state index contributed by atoms with van der Waals surface area (Å²) in [5.41, 5.74) is 0. The Morgan fingerprint density at radius 3 is 2.95 bits per heavy atom. The Morgan fingerprint density at radius 1 is 1.45 bits per heavy atom. The number of nitrogens with zero attached hydrogens (tertiary/aromatic N) is 4. The Morgan fingerprint density at radius 2 is 2.25 bits per heavy atom. The molecule has 0 radical (unpaired) electrons. The van der Waals surface area contributed by atoms with Crippen LogP contribution in [-0.2, 0) is 0 Å². The molecule has 2 rings (SSSR count). The summed E-state index contributed by atoms with van der Waals surface area (Å²) in [6.07, 6.45) is 4.34. The largest absolute Gasteiger partial charge is 0.352 e. The lowest BCUT2D eigenvalue weighted by Gasteiger charge is -2.27. The third-order valence-corrected chi connectivity index (χ3v) is 3.63. The summed E-state index contributed by atoms with van der Waals surface area (Å²) in [5.74, 6) is 2.53. The van der Waals surface area contributed by atoms with Crippen LogP contribution in [0.2, 0.25) is 0 Å². The van der Waals surface area contributed by atoms with Crippen LogP contribution in [0, 0.1) is 5.92 Å². The molecule has 112 valence electrons. The summed E-state index contributed by atoms with van der Waals surface area (Å²) in [6.45, 7) is 7.70. The molecule has 1 saturated heterocycles. The smallest absolute Gasteiger partial charge is 0.226 e. The minimum atomic E-state index is 0.554. The van der Waals surface area contributed by atoms with Gasteiger partial charge in [0.05, 0.1) is 0 Å². The van der Waals surface area contributed by atoms with Gasteiger partial charge < -0.3 is 15.1 Å². The van der Waals surface area contributed by atoms with Gasteiger partial charge in [0.1, 0.15) is 5.82 Å². The van der Waals surface area contributed by atoms with E-state index in [-0.39, 0.29) is 0 Å². The molecule has 1 aliphatic heterocycles. The summed E-state index contributed by atoms with van der Waals surface area (Å²) >= 11 is 0. The van der Waals surface area contributed by atoms with Gasteiger partial charge in [0.25, 0.3) is 0 Å². The highest BCUT2D eigenvalue weighted by Crippen LogP contribution is 2.24. The molecule has 1 aromatic rings. The normalized spacial score (nSPS) is 18.9. The molecule has 0 amide bonds. The molecule has 1 aromatic heterocycles. The predicted molar refractivity (Wildman–Crippen MR) is 84.4 cm³/mol. The number of hydrogen-bond donors (Lipinski definition) is 1. The van der Waals surface area contributed by atoms with Crippen LogP contribution in [0.25, 0.3) is 0 Å². The van der Waals surface area contributed by atoms with Crippen LogP contribution in [0.3, 0.4) is 0 Å². The van der Waals surface area contributed by atoms with E-state index in [0.29, 0.717) is 12.0 Å². The van der Waals surface area contributed by atoms with E-state index in [0.717, 1.165) is 31.4 Å². The van der Waals surface area contributed by atoms with Crippen LogP contribution >= 0.6 is 0 Å². The Kier molecular flexibility index (Phi) is 5.17. The summed E-state index contributed by atoms with van der Waals surface area (Å²) in [6, 6.07) is 2.58. The molecule has 0 bridgehead atoms. The van der Waals surface area contributed by atoms with Crippen molar-refractivity contribution in [2.24, 2.45) is 5.92 Å². The Bertz CT molecular complexity index is 418. The first-order valence-electron chi connectivity index (χ1n) is 7.55. The van der Waals surface area contributed by atoms with Crippen LogP contribution in [0.4, 0.5) is 11.8 Å². The van der Waals surface area contributed by atoms with Crippen molar-refractivity contribution < 1.29 is 0 Å². The second-order valence-corrected chi connectivity index (χ2v) is 6.15. The first-order valence-corrected chi connectivity index (χ1v) is 7.55. The molecule has 0 aromatic carbocycles. The van der Waals surface area contributed by atoms with Crippen LogP contribution in [0.15, 0.2) is 12.3 Å². The highest BCUT2D eigenvalue weighted by molar-refractivity contribution is 5.45. The van der Waals surface area contributed by atoms with Gasteiger partial charge in [-0.2, -0.15) is 4.98 Å². The number of hydrogen-bond acceptors (Lipinski definition) is 5. The number of anilines is 2. The van der Waals surface area contributed by atoms with Gasteiger partial charge in [-0.05, 0) is 31.4 Å². The molecule has 5 nitrogen and oxygen atoms in total. The number of aromatic nitrogens is 2. The topological polar surface area (TPSA) is 44.3 Å². The molecule has 0 spiro atoms. The van der Waals surface area contributed by atoms with Crippen molar-refractivity contribution in [1.82, 2.24) is 15.3 Å². The van der Waals surface area contributed by atoms with Crippen molar-refractivity contribution in [3.05, 3.63) is 12.3 Å². The summed E-state index contributed by atoms with van der Waals surface area (Å²) in [7, 11) is 3.95. The zero-order valence-corrected chi connectivity index (χ0v) is 13.1. The first-order chi connectivity index (χ1) is 9.58. The van der Waals surface area contributed by atoms with Crippen LogP contribution in [0.1, 0.15) is 26.7 Å². The molecule has 5 heteroatoms. The van der Waals surface area contributed by atoms with Gasteiger partial charge in [0.2, 0.25) is 5.95 Å². The van der Waals surface area contributed by atoms with Crippen LogP contribution in [0.5, 0.6) is 0 Å². The average molecular weight is 277 g/mol. The van der Waals surface area contributed by atoms with Crippen LogP contribution < -0.4 is 15.1 Å². The lowest BCUT2D eigenvalue weighted by Crippen LogP contribution is -2.39. The van der Waals surface area contributed by atoms with E-state index < -0.39 is 0 Å². The molecule has 1 unspecified atom stereocenters. The van der Waals surface area contributed by atoms with Gasteiger partial charge in [0.15, 0.2) is 0 Å². The average Bonchev–Trinajstić information content (AvgIpc) is 2.87. The Hall–Kier alpha value is -1.36. The summed E-state index contributed by atoms with van der Waals surface area (Å²) in [5, 5.41) is 3.57. The zero-order valence-electron chi connectivity index (χ0n) is 13.1. The Balaban J connectivity index is 2.01. The van der Waals surface area contributed by atoms with Crippen molar-refractivity contribution in [3.63, 3.8) is 0 Å². The van der Waals surface area contributed by atoms with Gasteiger partial charge in [-0.1, -0.05) is 13.8 Å². The van der Waals surface area contributed by atoms with E-state index in [1.807, 2.05) is 31.3 Å². The Labute approximate surface area is 122 Å². The fraction of sp³-hybridized carbons (Fsp3) is 0.733. The van der Waals surface area contributed by atoms with E-state index in [4.69, 9.17) is 0 Å². The molecule has 0 saturated carbocycles. The quantitative estimate of drug-likeness (QED) is 0.858. The van der Waals surface area contributed by atoms with E-state index in [1.165, 1.54) is 12.8 Å². The van der Waals surface area contributed by atoms with E-state index in [1.54, 1.807) is 0 Å². The zero-order chi connectivity index (χ0) is 14.5. The fourth-order valence-electron chi connectivity index (χ4n) is 2.60. The molecule has 1 N–H and O–H groups in total. The van der Waals surface area contributed by atoms with Gasteiger partial charge in [-0.15, -0.1) is 0 Å². The molecular formula is C15H27N5. The lowest BCUT2D eigenvalue weighted by atomic mass is 10.2. The van der Waals surface area contributed by atoms with Crippen molar-refractivity contribution in [1.29, 1.82) is 0 Å². The maximum absolute atomic E-state index is 4.66. The summed E-state index contributed by atoms with van der Waals surface area (Å²) in [4.78, 5) is 13.3. The van der Waals surface area contributed by atoms with Gasteiger partial charge in [-0.3, -0.25) is 0 Å².